The van der Waals surface area contributed by atoms with Crippen LogP contribution in [0, 0.1) is 13.8 Å². The van der Waals surface area contributed by atoms with Gasteiger partial charge in [-0.2, -0.15) is 0 Å². The third-order valence-corrected chi connectivity index (χ3v) is 9.82. The fourth-order valence-corrected chi connectivity index (χ4v) is 6.98. The Morgan fingerprint density at radius 2 is 1.60 bits per heavy atom. The van der Waals surface area contributed by atoms with Gasteiger partial charge in [-0.1, -0.05) is 85.3 Å². The van der Waals surface area contributed by atoms with E-state index in [1.807, 2.05) is 45.0 Å². The van der Waals surface area contributed by atoms with E-state index in [0.717, 1.165) is 46.7 Å². The molecule has 0 heterocycles. The fraction of sp³-hybridized carbons (Fsp3) is 0.394. The number of hydrogen-bond donors (Lipinski definition) is 1. The van der Waals surface area contributed by atoms with Crippen LogP contribution in [0.4, 0.5) is 5.69 Å². The molecule has 42 heavy (non-hydrogen) atoms. The fourth-order valence-electron chi connectivity index (χ4n) is 5.44. The van der Waals surface area contributed by atoms with Crippen molar-refractivity contribution < 1.29 is 18.0 Å². The maximum absolute atomic E-state index is 14.2. The lowest BCUT2D eigenvalue weighted by molar-refractivity contribution is -0.140. The van der Waals surface area contributed by atoms with Gasteiger partial charge in [0.15, 0.2) is 0 Å². The highest BCUT2D eigenvalue weighted by Gasteiger charge is 2.34. The van der Waals surface area contributed by atoms with Gasteiger partial charge in [0.2, 0.25) is 11.8 Å². The van der Waals surface area contributed by atoms with E-state index in [1.54, 1.807) is 24.3 Å². The van der Waals surface area contributed by atoms with Crippen LogP contribution >= 0.6 is 11.6 Å². The summed E-state index contributed by atoms with van der Waals surface area (Å²) in [6.45, 7) is 5.48. The zero-order chi connectivity index (χ0) is 30.3. The molecule has 224 valence electrons. The minimum absolute atomic E-state index is 0.0209. The predicted octanol–water partition coefficient (Wildman–Crippen LogP) is 6.41. The summed E-state index contributed by atoms with van der Waals surface area (Å²) < 4.78 is 29.0. The molecular formula is C33H40ClN3O4S. The Morgan fingerprint density at radius 1 is 0.929 bits per heavy atom. The zero-order valence-corrected chi connectivity index (χ0v) is 26.1. The molecule has 0 bridgehead atoms. The van der Waals surface area contributed by atoms with E-state index in [1.165, 1.54) is 35.6 Å². The Hall–Kier alpha value is -3.36. The van der Waals surface area contributed by atoms with Crippen molar-refractivity contribution in [2.24, 2.45) is 0 Å². The smallest absolute Gasteiger partial charge is 0.264 e. The first-order chi connectivity index (χ1) is 20.1. The van der Waals surface area contributed by atoms with Crippen LogP contribution in [0.25, 0.3) is 0 Å². The number of sulfonamides is 1. The Kier molecular flexibility index (Phi) is 10.7. The molecule has 9 heteroatoms. The number of nitrogens with one attached hydrogen (secondary N) is 1. The van der Waals surface area contributed by atoms with Crippen molar-refractivity contribution in [1.82, 2.24) is 10.2 Å². The summed E-state index contributed by atoms with van der Waals surface area (Å²) in [4.78, 5) is 29.4. The highest BCUT2D eigenvalue weighted by atomic mass is 35.5. The van der Waals surface area contributed by atoms with Crippen LogP contribution in [0.5, 0.6) is 0 Å². The predicted molar refractivity (Wildman–Crippen MR) is 168 cm³/mol. The molecule has 0 radical (unpaired) electrons. The average Bonchev–Trinajstić information content (AvgIpc) is 2.97. The van der Waals surface area contributed by atoms with Crippen LogP contribution in [0.3, 0.4) is 0 Å². The van der Waals surface area contributed by atoms with Crippen molar-refractivity contribution in [2.75, 3.05) is 10.8 Å². The van der Waals surface area contributed by atoms with E-state index in [2.05, 4.69) is 5.32 Å². The molecule has 0 aliphatic heterocycles. The summed E-state index contributed by atoms with van der Waals surface area (Å²) in [5.41, 5.74) is 3.22. The zero-order valence-electron chi connectivity index (χ0n) is 24.6. The number of hydrogen-bond acceptors (Lipinski definition) is 4. The third kappa shape index (κ3) is 7.92. The largest absolute Gasteiger partial charge is 0.352 e. The number of nitrogens with zero attached hydrogens (tertiary/aromatic N) is 2. The Balaban J connectivity index is 1.70. The lowest BCUT2D eigenvalue weighted by Crippen LogP contribution is -2.54. The standard InChI is InChI=1S/C33H40ClN3O4S/c1-4-31(33(39)35-28-11-6-5-7-12-28)36(22-26-10-8-9-25(3)21-26)32(38)23-37(29-17-13-24(2)14-18-29)42(40,41)30-19-15-27(34)16-20-30/h8-10,13-21,28,31H,4-7,11-12,22-23H2,1-3H3,(H,35,39). The molecule has 3 aromatic rings. The van der Waals surface area contributed by atoms with Gasteiger partial charge in [-0.15, -0.1) is 0 Å². The molecule has 0 spiro atoms. The Labute approximate surface area is 254 Å². The molecule has 1 fully saturated rings. The second-order valence-electron chi connectivity index (χ2n) is 11.1. The first-order valence-corrected chi connectivity index (χ1v) is 16.4. The molecule has 0 aromatic heterocycles. The van der Waals surface area contributed by atoms with Crippen molar-refractivity contribution in [3.8, 4) is 0 Å². The molecule has 0 saturated heterocycles. The van der Waals surface area contributed by atoms with Gasteiger partial charge in [0.25, 0.3) is 10.0 Å². The van der Waals surface area contributed by atoms with Gasteiger partial charge in [0, 0.05) is 17.6 Å². The average molecular weight is 610 g/mol. The first-order valence-electron chi connectivity index (χ1n) is 14.6. The lowest BCUT2D eigenvalue weighted by atomic mass is 9.95. The van der Waals surface area contributed by atoms with E-state index < -0.39 is 28.5 Å². The first kappa shape index (κ1) is 31.6. The van der Waals surface area contributed by atoms with E-state index in [4.69, 9.17) is 11.6 Å². The number of amides is 2. The number of carbonyl (C=O) groups is 2. The monoisotopic (exact) mass is 609 g/mol. The number of rotatable bonds is 11. The number of benzene rings is 3. The van der Waals surface area contributed by atoms with E-state index in [9.17, 15) is 18.0 Å². The van der Waals surface area contributed by atoms with Crippen LogP contribution in [0.1, 0.15) is 62.1 Å². The maximum Gasteiger partial charge on any atom is 0.264 e. The Bertz CT molecular complexity index is 1470. The van der Waals surface area contributed by atoms with Gasteiger partial charge in [-0.05, 0) is 75.1 Å². The molecule has 3 aromatic carbocycles. The molecule has 1 N–H and O–H groups in total. The second-order valence-corrected chi connectivity index (χ2v) is 13.4. The van der Waals surface area contributed by atoms with Crippen LogP contribution in [-0.2, 0) is 26.2 Å². The molecule has 4 rings (SSSR count). The summed E-state index contributed by atoms with van der Waals surface area (Å²) >= 11 is 6.03. The summed E-state index contributed by atoms with van der Waals surface area (Å²) in [7, 11) is -4.14. The quantitative estimate of drug-likeness (QED) is 0.272. The molecule has 1 atom stereocenters. The molecule has 1 saturated carbocycles. The summed E-state index contributed by atoms with van der Waals surface area (Å²) in [6, 6.07) is 20.0. The summed E-state index contributed by atoms with van der Waals surface area (Å²) in [5.74, 6) is -0.659. The summed E-state index contributed by atoms with van der Waals surface area (Å²) in [6.07, 6.45) is 5.55. The molecular weight excluding hydrogens is 570 g/mol. The molecule has 1 unspecified atom stereocenters. The van der Waals surface area contributed by atoms with Gasteiger partial charge >= 0.3 is 0 Å². The number of halogens is 1. The van der Waals surface area contributed by atoms with Crippen molar-refractivity contribution in [1.29, 1.82) is 0 Å². The summed E-state index contributed by atoms with van der Waals surface area (Å²) in [5, 5.41) is 3.59. The van der Waals surface area contributed by atoms with Crippen LogP contribution in [0.2, 0.25) is 5.02 Å². The van der Waals surface area contributed by atoms with Gasteiger partial charge in [0.1, 0.15) is 12.6 Å². The molecule has 2 amide bonds. The molecule has 7 nitrogen and oxygen atoms in total. The van der Waals surface area contributed by atoms with Crippen molar-refractivity contribution in [2.45, 2.75) is 82.8 Å². The minimum atomic E-state index is -4.14. The van der Waals surface area contributed by atoms with E-state index in [0.29, 0.717) is 17.1 Å². The topological polar surface area (TPSA) is 86.8 Å². The highest BCUT2D eigenvalue weighted by Crippen LogP contribution is 2.26. The lowest BCUT2D eigenvalue weighted by Gasteiger charge is -2.34. The van der Waals surface area contributed by atoms with Crippen molar-refractivity contribution >= 4 is 39.1 Å². The Morgan fingerprint density at radius 3 is 2.21 bits per heavy atom. The number of aryl methyl sites for hydroxylation is 2. The van der Waals surface area contributed by atoms with Crippen molar-refractivity contribution in [3.05, 3.63) is 94.5 Å². The minimum Gasteiger partial charge on any atom is -0.352 e. The van der Waals surface area contributed by atoms with Gasteiger partial charge in [-0.3, -0.25) is 13.9 Å². The number of carbonyl (C=O) groups excluding carboxylic acids is 2. The van der Waals surface area contributed by atoms with Gasteiger partial charge < -0.3 is 10.2 Å². The molecule has 1 aliphatic rings. The SMILES string of the molecule is CCC(C(=O)NC1CCCCC1)N(Cc1cccc(C)c1)C(=O)CN(c1ccc(C)cc1)S(=O)(=O)c1ccc(Cl)cc1. The van der Waals surface area contributed by atoms with Gasteiger partial charge in [-0.25, -0.2) is 8.42 Å². The van der Waals surface area contributed by atoms with Gasteiger partial charge in [0.05, 0.1) is 10.6 Å². The van der Waals surface area contributed by atoms with Crippen LogP contribution in [-0.4, -0.2) is 43.8 Å². The molecule has 1 aliphatic carbocycles. The third-order valence-electron chi connectivity index (χ3n) is 7.78. The van der Waals surface area contributed by atoms with E-state index in [-0.39, 0.29) is 23.4 Å². The van der Waals surface area contributed by atoms with Crippen molar-refractivity contribution in [3.63, 3.8) is 0 Å². The highest BCUT2D eigenvalue weighted by molar-refractivity contribution is 7.92. The normalized spacial score (nSPS) is 14.7. The van der Waals surface area contributed by atoms with Crippen LogP contribution < -0.4 is 9.62 Å². The van der Waals surface area contributed by atoms with E-state index >= 15 is 0 Å². The maximum atomic E-state index is 14.2. The number of anilines is 1. The second kappa shape index (κ2) is 14.2. The van der Waals surface area contributed by atoms with Crippen LogP contribution in [0.15, 0.2) is 77.7 Å².